The molecule has 1 N–H and O–H groups in total. The summed E-state index contributed by atoms with van der Waals surface area (Å²) in [5.74, 6) is 0. The van der Waals surface area contributed by atoms with Gasteiger partial charge in [-0.05, 0) is 48.7 Å². The van der Waals surface area contributed by atoms with E-state index in [1.807, 2.05) is 35.3 Å². The minimum absolute atomic E-state index is 0.120. The first kappa shape index (κ1) is 22.9. The highest BCUT2D eigenvalue weighted by atomic mass is 35.5. The summed E-state index contributed by atoms with van der Waals surface area (Å²) >= 11 is 18.6. The fraction of sp³-hybridized carbons (Fsp3) is 0.409. The number of hydrogen-bond donors (Lipinski definition) is 1. The Kier molecular flexibility index (Phi) is 7.14. The lowest BCUT2D eigenvalue weighted by Gasteiger charge is -2.25. The monoisotopic (exact) mass is 499 g/mol. The Morgan fingerprint density at radius 1 is 0.968 bits per heavy atom. The lowest BCUT2D eigenvalue weighted by atomic mass is 10.0. The number of hydrazone groups is 1. The summed E-state index contributed by atoms with van der Waals surface area (Å²) in [5.41, 5.74) is 2.49. The largest absolute Gasteiger partial charge is 0.256 e. The molecule has 2 aliphatic rings. The summed E-state index contributed by atoms with van der Waals surface area (Å²) in [5, 5.41) is 7.95. The number of benzene rings is 2. The molecule has 4 rings (SSSR count). The molecule has 0 aromatic heterocycles. The van der Waals surface area contributed by atoms with Gasteiger partial charge in [0.15, 0.2) is 0 Å². The summed E-state index contributed by atoms with van der Waals surface area (Å²) in [6.45, 7) is 0.185. The van der Waals surface area contributed by atoms with E-state index in [0.29, 0.717) is 21.5 Å². The molecule has 166 valence electrons. The maximum atomic E-state index is 12.7. The third kappa shape index (κ3) is 5.37. The standard InChI is InChI=1S/C22H24Cl3N3O2S/c23-16-8-6-15(7-9-16)22-13-18(14-26-31(29,30)19-4-2-1-3-5-19)27-28(22)21-11-10-17(24)12-20(21)25/h6-12,19,22,26H,1-5,13-14H2. The zero-order valence-corrected chi connectivity index (χ0v) is 20.0. The Labute approximate surface area is 198 Å². The van der Waals surface area contributed by atoms with E-state index < -0.39 is 10.0 Å². The predicted molar refractivity (Wildman–Crippen MR) is 129 cm³/mol. The van der Waals surface area contributed by atoms with Crippen molar-refractivity contribution in [1.29, 1.82) is 0 Å². The predicted octanol–water partition coefficient (Wildman–Crippen LogP) is 6.21. The van der Waals surface area contributed by atoms with Gasteiger partial charge in [-0.1, -0.05) is 66.2 Å². The van der Waals surface area contributed by atoms with Crippen LogP contribution in [0.4, 0.5) is 5.69 Å². The van der Waals surface area contributed by atoms with Crippen molar-refractivity contribution in [3.63, 3.8) is 0 Å². The number of nitrogens with one attached hydrogen (secondary N) is 1. The fourth-order valence-electron chi connectivity index (χ4n) is 4.19. The molecule has 2 aromatic carbocycles. The maximum absolute atomic E-state index is 12.7. The van der Waals surface area contributed by atoms with Crippen molar-refractivity contribution < 1.29 is 8.42 Å². The molecule has 0 amide bonds. The van der Waals surface area contributed by atoms with Crippen molar-refractivity contribution in [3.05, 3.63) is 63.1 Å². The molecule has 9 heteroatoms. The van der Waals surface area contributed by atoms with Gasteiger partial charge in [0, 0.05) is 16.5 Å². The van der Waals surface area contributed by atoms with Crippen molar-refractivity contribution in [2.24, 2.45) is 5.10 Å². The maximum Gasteiger partial charge on any atom is 0.214 e. The van der Waals surface area contributed by atoms with Crippen LogP contribution in [-0.4, -0.2) is 25.9 Å². The van der Waals surface area contributed by atoms with E-state index in [1.54, 1.807) is 12.1 Å². The first-order valence-corrected chi connectivity index (χ1v) is 13.1. The van der Waals surface area contributed by atoms with E-state index in [2.05, 4.69) is 4.72 Å². The van der Waals surface area contributed by atoms with Crippen LogP contribution >= 0.6 is 34.8 Å². The average molecular weight is 501 g/mol. The molecule has 1 unspecified atom stereocenters. The number of rotatable bonds is 6. The second kappa shape index (κ2) is 9.67. The Balaban J connectivity index is 1.57. The van der Waals surface area contributed by atoms with Crippen LogP contribution in [0.5, 0.6) is 0 Å². The van der Waals surface area contributed by atoms with Crippen molar-refractivity contribution >= 4 is 56.2 Å². The van der Waals surface area contributed by atoms with Crippen LogP contribution < -0.4 is 9.73 Å². The molecule has 0 radical (unpaired) electrons. The molecule has 1 saturated carbocycles. The van der Waals surface area contributed by atoms with Gasteiger partial charge < -0.3 is 0 Å². The van der Waals surface area contributed by atoms with Gasteiger partial charge >= 0.3 is 0 Å². The second-order valence-electron chi connectivity index (χ2n) is 8.00. The third-order valence-corrected chi connectivity index (χ3v) is 8.54. The van der Waals surface area contributed by atoms with Gasteiger partial charge in [0.05, 0.1) is 34.3 Å². The van der Waals surface area contributed by atoms with Crippen molar-refractivity contribution in [2.45, 2.75) is 49.8 Å². The van der Waals surface area contributed by atoms with Crippen LogP contribution in [0.1, 0.15) is 50.1 Å². The van der Waals surface area contributed by atoms with E-state index in [0.717, 1.165) is 49.1 Å². The van der Waals surface area contributed by atoms with Crippen LogP contribution in [0, 0.1) is 0 Å². The summed E-state index contributed by atoms with van der Waals surface area (Å²) in [4.78, 5) is 0. The van der Waals surface area contributed by atoms with Crippen LogP contribution in [-0.2, 0) is 10.0 Å². The van der Waals surface area contributed by atoms with Crippen molar-refractivity contribution in [1.82, 2.24) is 4.72 Å². The fourth-order valence-corrected chi connectivity index (χ4v) is 6.37. The van der Waals surface area contributed by atoms with Crippen LogP contribution in [0.25, 0.3) is 0 Å². The molecule has 1 fully saturated rings. The number of halogens is 3. The molecule has 0 saturated heterocycles. The highest BCUT2D eigenvalue weighted by Crippen LogP contribution is 2.39. The van der Waals surface area contributed by atoms with Gasteiger partial charge in [0.2, 0.25) is 10.0 Å². The SMILES string of the molecule is O=S(=O)(NCC1=NN(c2ccc(Cl)cc2Cl)C(c2ccc(Cl)cc2)C1)C1CCCCC1. The smallest absolute Gasteiger partial charge is 0.214 e. The van der Waals surface area contributed by atoms with E-state index in [9.17, 15) is 8.42 Å². The molecular weight excluding hydrogens is 477 g/mol. The summed E-state index contributed by atoms with van der Waals surface area (Å²) in [7, 11) is -3.36. The minimum atomic E-state index is -3.36. The molecule has 1 heterocycles. The quantitative estimate of drug-likeness (QED) is 0.513. The van der Waals surface area contributed by atoms with Crippen LogP contribution in [0.15, 0.2) is 47.6 Å². The molecule has 5 nitrogen and oxygen atoms in total. The van der Waals surface area contributed by atoms with Gasteiger partial charge in [-0.15, -0.1) is 0 Å². The van der Waals surface area contributed by atoms with Gasteiger partial charge in [0.25, 0.3) is 0 Å². The lowest BCUT2D eigenvalue weighted by Crippen LogP contribution is -2.38. The normalized spacial score (nSPS) is 20.2. The molecule has 1 aliphatic carbocycles. The Morgan fingerprint density at radius 3 is 2.32 bits per heavy atom. The molecular formula is C22H24Cl3N3O2S. The zero-order valence-electron chi connectivity index (χ0n) is 16.9. The van der Waals surface area contributed by atoms with Crippen molar-refractivity contribution in [2.75, 3.05) is 11.6 Å². The molecule has 31 heavy (non-hydrogen) atoms. The minimum Gasteiger partial charge on any atom is -0.256 e. The molecule has 2 aromatic rings. The summed E-state index contributed by atoms with van der Waals surface area (Å²) in [6, 6.07) is 12.7. The van der Waals surface area contributed by atoms with Gasteiger partial charge in [0.1, 0.15) is 0 Å². The Bertz CT molecular complexity index is 1070. The van der Waals surface area contributed by atoms with Gasteiger partial charge in [-0.25, -0.2) is 13.1 Å². The highest BCUT2D eigenvalue weighted by molar-refractivity contribution is 7.90. The zero-order chi connectivity index (χ0) is 22.0. The van der Waals surface area contributed by atoms with Crippen LogP contribution in [0.3, 0.4) is 0 Å². The highest BCUT2D eigenvalue weighted by Gasteiger charge is 2.32. The Morgan fingerprint density at radius 2 is 1.65 bits per heavy atom. The molecule has 0 bridgehead atoms. The van der Waals surface area contributed by atoms with Crippen LogP contribution in [0.2, 0.25) is 15.1 Å². The molecule has 1 atom stereocenters. The van der Waals surface area contributed by atoms with E-state index >= 15 is 0 Å². The first-order chi connectivity index (χ1) is 14.8. The van der Waals surface area contributed by atoms with E-state index in [1.165, 1.54) is 0 Å². The number of nitrogens with zero attached hydrogens (tertiary/aromatic N) is 2. The second-order valence-corrected chi connectivity index (χ2v) is 11.3. The van der Waals surface area contributed by atoms with E-state index in [-0.39, 0.29) is 17.8 Å². The number of sulfonamides is 1. The van der Waals surface area contributed by atoms with E-state index in [4.69, 9.17) is 39.9 Å². The van der Waals surface area contributed by atoms with Gasteiger partial charge in [-0.3, -0.25) is 5.01 Å². The summed E-state index contributed by atoms with van der Waals surface area (Å²) < 4.78 is 28.3. The average Bonchev–Trinajstić information content (AvgIpc) is 3.17. The topological polar surface area (TPSA) is 61.8 Å². The van der Waals surface area contributed by atoms with Crippen molar-refractivity contribution in [3.8, 4) is 0 Å². The first-order valence-electron chi connectivity index (χ1n) is 10.4. The Hall–Kier alpha value is -1.31. The summed E-state index contributed by atoms with van der Waals surface area (Å²) in [6.07, 6.45) is 5.07. The third-order valence-electron chi connectivity index (χ3n) is 5.85. The number of anilines is 1. The lowest BCUT2D eigenvalue weighted by molar-refractivity contribution is 0.479. The number of hydrogen-bond acceptors (Lipinski definition) is 4. The molecule has 0 spiro atoms. The molecule has 1 aliphatic heterocycles. The van der Waals surface area contributed by atoms with Gasteiger partial charge in [-0.2, -0.15) is 5.10 Å².